The Labute approximate surface area is 181 Å². The standard InChI is InChI=1S/C27H36O3/c1-20-18-27(3,4)19-25(21(20)2)26(22-8-6-5-7-9-22)23-10-12-24(13-11-23)30-17-16-29-15-14-28/h5-13,20-21,28H,14-19H2,1-4H3. The Hall–Kier alpha value is -2.10. The van der Waals surface area contributed by atoms with Crippen LogP contribution in [0.25, 0.3) is 5.57 Å². The molecule has 1 saturated carbocycles. The molecule has 0 saturated heterocycles. The van der Waals surface area contributed by atoms with Crippen LogP contribution in [0.15, 0.2) is 60.2 Å². The minimum absolute atomic E-state index is 0.0411. The molecule has 3 nitrogen and oxygen atoms in total. The second-order valence-corrected chi connectivity index (χ2v) is 9.29. The monoisotopic (exact) mass is 408 g/mol. The quantitative estimate of drug-likeness (QED) is 0.547. The van der Waals surface area contributed by atoms with Crippen LogP contribution in [0.2, 0.25) is 0 Å². The molecule has 30 heavy (non-hydrogen) atoms. The van der Waals surface area contributed by atoms with Crippen molar-refractivity contribution < 1.29 is 14.6 Å². The summed E-state index contributed by atoms with van der Waals surface area (Å²) in [5.74, 6) is 2.07. The van der Waals surface area contributed by atoms with Crippen LogP contribution in [0.1, 0.15) is 51.7 Å². The van der Waals surface area contributed by atoms with Crippen LogP contribution in [-0.4, -0.2) is 31.5 Å². The highest BCUT2D eigenvalue weighted by atomic mass is 16.5. The summed E-state index contributed by atoms with van der Waals surface area (Å²) in [6.07, 6.45) is 2.40. The lowest BCUT2D eigenvalue weighted by molar-refractivity contribution is 0.0705. The van der Waals surface area contributed by atoms with E-state index in [1.165, 1.54) is 23.1 Å². The average molecular weight is 409 g/mol. The molecule has 162 valence electrons. The highest BCUT2D eigenvalue weighted by Crippen LogP contribution is 2.48. The molecular formula is C27H36O3. The van der Waals surface area contributed by atoms with E-state index < -0.39 is 0 Å². The van der Waals surface area contributed by atoms with Crippen LogP contribution in [0.3, 0.4) is 0 Å². The minimum atomic E-state index is 0.0411. The Balaban J connectivity index is 1.91. The summed E-state index contributed by atoms with van der Waals surface area (Å²) in [6, 6.07) is 19.2. The fourth-order valence-electron chi connectivity index (χ4n) is 4.70. The van der Waals surface area contributed by atoms with Crippen molar-refractivity contribution in [1.29, 1.82) is 0 Å². The van der Waals surface area contributed by atoms with Crippen molar-refractivity contribution >= 4 is 5.57 Å². The number of rotatable bonds is 8. The zero-order valence-corrected chi connectivity index (χ0v) is 18.9. The highest BCUT2D eigenvalue weighted by Gasteiger charge is 2.35. The van der Waals surface area contributed by atoms with Crippen LogP contribution in [0.5, 0.6) is 5.75 Å². The lowest BCUT2D eigenvalue weighted by Gasteiger charge is -2.41. The maximum absolute atomic E-state index is 8.76. The van der Waals surface area contributed by atoms with Gasteiger partial charge in [0.15, 0.2) is 0 Å². The molecule has 0 amide bonds. The van der Waals surface area contributed by atoms with E-state index in [0.29, 0.717) is 37.1 Å². The third-order valence-electron chi connectivity index (χ3n) is 6.21. The third-order valence-corrected chi connectivity index (χ3v) is 6.21. The van der Waals surface area contributed by atoms with Gasteiger partial charge in [-0.2, -0.15) is 0 Å². The van der Waals surface area contributed by atoms with Crippen molar-refractivity contribution in [1.82, 2.24) is 0 Å². The van der Waals surface area contributed by atoms with Crippen molar-refractivity contribution in [3.63, 3.8) is 0 Å². The van der Waals surface area contributed by atoms with Crippen molar-refractivity contribution in [3.8, 4) is 5.75 Å². The van der Waals surface area contributed by atoms with E-state index in [0.717, 1.165) is 12.2 Å². The topological polar surface area (TPSA) is 38.7 Å². The first kappa shape index (κ1) is 22.6. The van der Waals surface area contributed by atoms with Crippen LogP contribution in [-0.2, 0) is 4.74 Å². The van der Waals surface area contributed by atoms with E-state index in [1.54, 1.807) is 5.57 Å². The molecule has 0 bridgehead atoms. The predicted octanol–water partition coefficient (Wildman–Crippen LogP) is 5.97. The minimum Gasteiger partial charge on any atom is -0.491 e. The average Bonchev–Trinajstić information content (AvgIpc) is 2.73. The van der Waals surface area contributed by atoms with Crippen molar-refractivity contribution in [2.45, 2.75) is 40.5 Å². The van der Waals surface area contributed by atoms with E-state index in [-0.39, 0.29) is 6.61 Å². The Morgan fingerprint density at radius 1 is 0.933 bits per heavy atom. The predicted molar refractivity (Wildman–Crippen MR) is 124 cm³/mol. The molecular weight excluding hydrogens is 372 g/mol. The molecule has 2 aromatic rings. The largest absolute Gasteiger partial charge is 0.491 e. The molecule has 1 aliphatic rings. The number of ether oxygens (including phenoxy) is 2. The molecule has 0 radical (unpaired) electrons. The van der Waals surface area contributed by atoms with E-state index >= 15 is 0 Å². The first-order valence-corrected chi connectivity index (χ1v) is 11.1. The first-order chi connectivity index (χ1) is 14.4. The van der Waals surface area contributed by atoms with Gasteiger partial charge in [0.05, 0.1) is 19.8 Å². The van der Waals surface area contributed by atoms with Gasteiger partial charge in [0.25, 0.3) is 0 Å². The number of allylic oxidation sites excluding steroid dienone is 1. The van der Waals surface area contributed by atoms with Gasteiger partial charge < -0.3 is 14.6 Å². The molecule has 0 spiro atoms. The highest BCUT2D eigenvalue weighted by molar-refractivity contribution is 5.82. The van der Waals surface area contributed by atoms with Crippen molar-refractivity contribution in [3.05, 3.63) is 71.3 Å². The Morgan fingerprint density at radius 3 is 2.27 bits per heavy atom. The van der Waals surface area contributed by atoms with Crippen LogP contribution in [0, 0.1) is 17.3 Å². The molecule has 3 rings (SSSR count). The zero-order chi connectivity index (χ0) is 21.6. The number of hydrogen-bond donors (Lipinski definition) is 1. The SMILES string of the molecule is CC1CC(C)(C)CC(=C(c2ccccc2)c2ccc(OCCOCCO)cc2)C1C. The molecule has 3 heteroatoms. The fraction of sp³-hybridized carbons (Fsp3) is 0.481. The Kier molecular flexibility index (Phi) is 7.74. The maximum Gasteiger partial charge on any atom is 0.119 e. The number of aliphatic hydroxyl groups is 1. The summed E-state index contributed by atoms with van der Waals surface area (Å²) < 4.78 is 11.0. The lowest BCUT2D eigenvalue weighted by atomic mass is 9.64. The molecule has 0 heterocycles. The summed E-state index contributed by atoms with van der Waals surface area (Å²) >= 11 is 0. The second kappa shape index (κ2) is 10.3. The molecule has 0 aliphatic heterocycles. The number of benzene rings is 2. The summed E-state index contributed by atoms with van der Waals surface area (Å²) in [7, 11) is 0. The molecule has 2 unspecified atom stereocenters. The van der Waals surface area contributed by atoms with Crippen LogP contribution >= 0.6 is 0 Å². The van der Waals surface area contributed by atoms with Crippen LogP contribution in [0.4, 0.5) is 0 Å². The molecule has 1 fully saturated rings. The van der Waals surface area contributed by atoms with Gasteiger partial charge in [-0.25, -0.2) is 0 Å². The maximum atomic E-state index is 8.76. The summed E-state index contributed by atoms with van der Waals surface area (Å²) in [5.41, 5.74) is 5.79. The Morgan fingerprint density at radius 2 is 1.60 bits per heavy atom. The van der Waals surface area contributed by atoms with Gasteiger partial charge in [0, 0.05) is 0 Å². The molecule has 1 aliphatic carbocycles. The van der Waals surface area contributed by atoms with E-state index in [9.17, 15) is 0 Å². The number of aliphatic hydroxyl groups excluding tert-OH is 1. The molecule has 0 aromatic heterocycles. The third kappa shape index (κ3) is 5.74. The second-order valence-electron chi connectivity index (χ2n) is 9.29. The van der Waals surface area contributed by atoms with Gasteiger partial charge in [-0.3, -0.25) is 0 Å². The lowest BCUT2D eigenvalue weighted by Crippen LogP contribution is -2.29. The summed E-state index contributed by atoms with van der Waals surface area (Å²) in [5, 5.41) is 8.76. The number of hydrogen-bond acceptors (Lipinski definition) is 3. The van der Waals surface area contributed by atoms with Gasteiger partial charge >= 0.3 is 0 Å². The molecule has 1 N–H and O–H groups in total. The van der Waals surface area contributed by atoms with Gasteiger partial charge in [-0.15, -0.1) is 0 Å². The summed E-state index contributed by atoms with van der Waals surface area (Å²) in [6.45, 7) is 10.9. The Bertz CT molecular complexity index is 821. The fourth-order valence-corrected chi connectivity index (χ4v) is 4.70. The van der Waals surface area contributed by atoms with E-state index in [1.807, 2.05) is 12.1 Å². The van der Waals surface area contributed by atoms with E-state index in [2.05, 4.69) is 70.2 Å². The van der Waals surface area contributed by atoms with Gasteiger partial charge in [0.2, 0.25) is 0 Å². The van der Waals surface area contributed by atoms with Gasteiger partial charge in [-0.05, 0) is 58.9 Å². The zero-order valence-electron chi connectivity index (χ0n) is 18.9. The van der Waals surface area contributed by atoms with Crippen molar-refractivity contribution in [2.75, 3.05) is 26.4 Å². The van der Waals surface area contributed by atoms with Crippen LogP contribution < -0.4 is 4.74 Å². The van der Waals surface area contributed by atoms with Crippen molar-refractivity contribution in [2.24, 2.45) is 17.3 Å². The normalized spacial score (nSPS) is 22.6. The first-order valence-electron chi connectivity index (χ1n) is 11.1. The summed E-state index contributed by atoms with van der Waals surface area (Å²) in [4.78, 5) is 0. The van der Waals surface area contributed by atoms with E-state index in [4.69, 9.17) is 14.6 Å². The smallest absolute Gasteiger partial charge is 0.119 e. The molecule has 2 atom stereocenters. The van der Waals surface area contributed by atoms with Gasteiger partial charge in [-0.1, -0.05) is 75.7 Å². The molecule has 2 aromatic carbocycles. The van der Waals surface area contributed by atoms with Gasteiger partial charge in [0.1, 0.15) is 12.4 Å².